The van der Waals surface area contributed by atoms with E-state index >= 15 is 0 Å². The Morgan fingerprint density at radius 1 is 1.40 bits per heavy atom. The third kappa shape index (κ3) is 2.22. The largest absolute Gasteiger partial charge is 0.370 e. The van der Waals surface area contributed by atoms with Crippen molar-refractivity contribution < 1.29 is 18.7 Å². The minimum Gasteiger partial charge on any atom is -0.370 e. The van der Waals surface area contributed by atoms with E-state index in [1.54, 1.807) is 6.07 Å². The Bertz CT molecular complexity index is 585. The molecule has 2 aliphatic heterocycles. The number of halogens is 1. The number of benzene rings is 1. The van der Waals surface area contributed by atoms with Crippen LogP contribution in [0.2, 0.25) is 0 Å². The molecule has 2 atom stereocenters. The van der Waals surface area contributed by atoms with Gasteiger partial charge in [0.2, 0.25) is 5.91 Å². The first-order valence-corrected chi connectivity index (χ1v) is 6.84. The van der Waals surface area contributed by atoms with Gasteiger partial charge in [-0.15, -0.1) is 0 Å². The van der Waals surface area contributed by atoms with Gasteiger partial charge in [-0.05, 0) is 36.5 Å². The van der Waals surface area contributed by atoms with E-state index in [1.807, 2.05) is 6.92 Å². The number of hydrogen-bond acceptors (Lipinski definition) is 3. The highest BCUT2D eigenvalue weighted by Crippen LogP contribution is 2.29. The number of rotatable bonds is 2. The number of ketones is 1. The van der Waals surface area contributed by atoms with E-state index in [0.717, 1.165) is 12.0 Å². The van der Waals surface area contributed by atoms with Gasteiger partial charge < -0.3 is 10.1 Å². The SMILES string of the molecule is CC1CCOC1C(=O)c1cc2c(cc1F)NC(=O)CC2. The Balaban J connectivity index is 1.94. The molecule has 4 nitrogen and oxygen atoms in total. The number of anilines is 1. The van der Waals surface area contributed by atoms with Crippen molar-refractivity contribution in [3.63, 3.8) is 0 Å². The molecule has 1 N–H and O–H groups in total. The molecule has 2 unspecified atom stereocenters. The van der Waals surface area contributed by atoms with Gasteiger partial charge in [0.15, 0.2) is 5.78 Å². The van der Waals surface area contributed by atoms with Crippen LogP contribution in [-0.2, 0) is 16.0 Å². The Morgan fingerprint density at radius 2 is 2.20 bits per heavy atom. The minimum atomic E-state index is -0.598. The highest BCUT2D eigenvalue weighted by molar-refractivity contribution is 6.01. The first-order chi connectivity index (χ1) is 9.56. The van der Waals surface area contributed by atoms with Gasteiger partial charge in [0.05, 0.1) is 5.56 Å². The van der Waals surface area contributed by atoms with Gasteiger partial charge in [-0.1, -0.05) is 6.92 Å². The standard InChI is InChI=1S/C15H16FNO3/c1-8-4-5-20-15(8)14(19)10-6-9-2-3-13(18)17-12(9)7-11(10)16/h6-8,15H,2-5H2,1H3,(H,17,18). The third-order valence-corrected chi connectivity index (χ3v) is 4.00. The Kier molecular flexibility index (Phi) is 3.30. The van der Waals surface area contributed by atoms with Crippen molar-refractivity contribution in [1.82, 2.24) is 0 Å². The van der Waals surface area contributed by atoms with E-state index < -0.39 is 11.9 Å². The van der Waals surface area contributed by atoms with E-state index in [9.17, 15) is 14.0 Å². The number of aryl methyl sites for hydroxylation is 1. The lowest BCUT2D eigenvalue weighted by Gasteiger charge is -2.19. The van der Waals surface area contributed by atoms with E-state index in [2.05, 4.69) is 5.32 Å². The molecule has 0 aliphatic carbocycles. The summed E-state index contributed by atoms with van der Waals surface area (Å²) in [6.45, 7) is 2.48. The smallest absolute Gasteiger partial charge is 0.224 e. The molecular weight excluding hydrogens is 261 g/mol. The number of carbonyl (C=O) groups excluding carboxylic acids is 2. The van der Waals surface area contributed by atoms with Crippen LogP contribution in [0.1, 0.15) is 35.7 Å². The minimum absolute atomic E-state index is 0.0682. The second-order valence-corrected chi connectivity index (χ2v) is 5.46. The maximum absolute atomic E-state index is 14.1. The van der Waals surface area contributed by atoms with Crippen LogP contribution in [0.25, 0.3) is 0 Å². The molecule has 0 aromatic heterocycles. The number of hydrogen-bond donors (Lipinski definition) is 1. The maximum atomic E-state index is 14.1. The molecule has 1 aromatic carbocycles. The van der Waals surface area contributed by atoms with E-state index in [1.165, 1.54) is 6.07 Å². The molecule has 1 fully saturated rings. The second-order valence-electron chi connectivity index (χ2n) is 5.46. The summed E-state index contributed by atoms with van der Waals surface area (Å²) < 4.78 is 19.5. The van der Waals surface area contributed by atoms with Crippen molar-refractivity contribution in [3.8, 4) is 0 Å². The highest BCUT2D eigenvalue weighted by atomic mass is 19.1. The summed E-state index contributed by atoms with van der Waals surface area (Å²) in [7, 11) is 0. The lowest BCUT2D eigenvalue weighted by Crippen LogP contribution is -2.27. The fourth-order valence-corrected chi connectivity index (χ4v) is 2.77. The van der Waals surface area contributed by atoms with Crippen molar-refractivity contribution in [1.29, 1.82) is 0 Å². The molecule has 1 amide bonds. The predicted molar refractivity (Wildman–Crippen MR) is 71.2 cm³/mol. The Morgan fingerprint density at radius 3 is 2.90 bits per heavy atom. The van der Waals surface area contributed by atoms with Gasteiger partial charge in [0, 0.05) is 18.7 Å². The lowest BCUT2D eigenvalue weighted by molar-refractivity contribution is -0.116. The van der Waals surface area contributed by atoms with Gasteiger partial charge in [-0.25, -0.2) is 4.39 Å². The first kappa shape index (κ1) is 13.2. The molecular formula is C15H16FNO3. The molecule has 3 rings (SSSR count). The van der Waals surface area contributed by atoms with Crippen LogP contribution in [0.3, 0.4) is 0 Å². The third-order valence-electron chi connectivity index (χ3n) is 4.00. The van der Waals surface area contributed by atoms with Crippen LogP contribution >= 0.6 is 0 Å². The summed E-state index contributed by atoms with van der Waals surface area (Å²) in [4.78, 5) is 23.7. The van der Waals surface area contributed by atoms with Crippen LogP contribution in [-0.4, -0.2) is 24.4 Å². The summed E-state index contributed by atoms with van der Waals surface area (Å²) >= 11 is 0. The van der Waals surface area contributed by atoms with Crippen LogP contribution in [0, 0.1) is 11.7 Å². The molecule has 1 aromatic rings. The molecule has 2 aliphatic rings. The number of amides is 1. The molecule has 5 heteroatoms. The normalized spacial score (nSPS) is 25.2. The highest BCUT2D eigenvalue weighted by Gasteiger charge is 2.33. The molecule has 2 heterocycles. The zero-order valence-corrected chi connectivity index (χ0v) is 11.2. The zero-order valence-electron chi connectivity index (χ0n) is 11.2. The fourth-order valence-electron chi connectivity index (χ4n) is 2.77. The van der Waals surface area contributed by atoms with Crippen LogP contribution < -0.4 is 5.32 Å². The molecule has 1 saturated heterocycles. The average molecular weight is 277 g/mol. The monoisotopic (exact) mass is 277 g/mol. The molecule has 20 heavy (non-hydrogen) atoms. The van der Waals surface area contributed by atoms with E-state index in [4.69, 9.17) is 4.74 Å². The average Bonchev–Trinajstić information content (AvgIpc) is 2.83. The number of Topliss-reactive ketones (excluding diaryl/α,β-unsaturated/α-hetero) is 1. The van der Waals surface area contributed by atoms with Crippen molar-refractivity contribution in [2.45, 2.75) is 32.3 Å². The maximum Gasteiger partial charge on any atom is 0.224 e. The number of carbonyl (C=O) groups is 2. The van der Waals surface area contributed by atoms with Crippen LogP contribution in [0.4, 0.5) is 10.1 Å². The predicted octanol–water partition coefficient (Wildman–Crippen LogP) is 2.32. The molecule has 0 bridgehead atoms. The molecule has 0 radical (unpaired) electrons. The van der Waals surface area contributed by atoms with Gasteiger partial charge in [0.1, 0.15) is 11.9 Å². The second kappa shape index (κ2) is 4.98. The quantitative estimate of drug-likeness (QED) is 0.844. The van der Waals surface area contributed by atoms with Crippen LogP contribution in [0.15, 0.2) is 12.1 Å². The molecule has 106 valence electrons. The topological polar surface area (TPSA) is 55.4 Å². The molecule has 0 spiro atoms. The summed E-state index contributed by atoms with van der Waals surface area (Å²) in [5, 5.41) is 2.62. The molecule has 0 saturated carbocycles. The summed E-state index contributed by atoms with van der Waals surface area (Å²) in [5.74, 6) is -0.910. The summed E-state index contributed by atoms with van der Waals surface area (Å²) in [6, 6.07) is 2.79. The first-order valence-electron chi connectivity index (χ1n) is 6.84. The van der Waals surface area contributed by atoms with E-state index in [-0.39, 0.29) is 23.2 Å². The summed E-state index contributed by atoms with van der Waals surface area (Å²) in [6.07, 6.45) is 1.16. The fraction of sp³-hybridized carbons (Fsp3) is 0.467. The number of ether oxygens (including phenoxy) is 1. The van der Waals surface area contributed by atoms with Crippen molar-refractivity contribution in [3.05, 3.63) is 29.1 Å². The van der Waals surface area contributed by atoms with Crippen molar-refractivity contribution in [2.75, 3.05) is 11.9 Å². The summed E-state index contributed by atoms with van der Waals surface area (Å²) in [5.41, 5.74) is 1.34. The van der Waals surface area contributed by atoms with Gasteiger partial charge in [-0.2, -0.15) is 0 Å². The van der Waals surface area contributed by atoms with Crippen LogP contribution in [0.5, 0.6) is 0 Å². The zero-order chi connectivity index (χ0) is 14.3. The van der Waals surface area contributed by atoms with Crippen molar-refractivity contribution >= 4 is 17.4 Å². The number of fused-ring (bicyclic) bond motifs is 1. The van der Waals surface area contributed by atoms with Crippen molar-refractivity contribution in [2.24, 2.45) is 5.92 Å². The van der Waals surface area contributed by atoms with Gasteiger partial charge >= 0.3 is 0 Å². The Labute approximate surface area is 116 Å². The van der Waals surface area contributed by atoms with Gasteiger partial charge in [-0.3, -0.25) is 9.59 Å². The lowest BCUT2D eigenvalue weighted by atomic mass is 9.92. The Hall–Kier alpha value is -1.75. The number of nitrogens with one attached hydrogen (secondary N) is 1. The van der Waals surface area contributed by atoms with Gasteiger partial charge in [0.25, 0.3) is 0 Å². The van der Waals surface area contributed by atoms with E-state index in [0.29, 0.717) is 25.1 Å².